The first-order valence-electron chi connectivity index (χ1n) is 19.0. The minimum atomic E-state index is -1.29. The van der Waals surface area contributed by atoms with Crippen LogP contribution < -0.4 is 20.8 Å². The van der Waals surface area contributed by atoms with Gasteiger partial charge < -0.3 is 29.9 Å². The molecule has 0 aliphatic carbocycles. The molecule has 0 atom stereocenters. The fraction of sp³-hybridized carbons (Fsp3) is 0.600. The molecule has 0 radical (unpaired) electrons. The van der Waals surface area contributed by atoms with Crippen LogP contribution in [0.15, 0.2) is 36.4 Å². The van der Waals surface area contributed by atoms with E-state index in [0.717, 1.165) is 50.7 Å². The molecule has 0 saturated carbocycles. The summed E-state index contributed by atoms with van der Waals surface area (Å²) in [5.74, 6) is -3.87. The second-order valence-corrected chi connectivity index (χ2v) is 12.9. The summed E-state index contributed by atoms with van der Waals surface area (Å²) in [6, 6.07) is 7.22. The van der Waals surface area contributed by atoms with Gasteiger partial charge in [0.05, 0.1) is 24.3 Å². The van der Waals surface area contributed by atoms with E-state index in [-0.39, 0.29) is 42.0 Å². The van der Waals surface area contributed by atoms with Crippen molar-refractivity contribution >= 4 is 35.5 Å². The van der Waals surface area contributed by atoms with Crippen LogP contribution in [0.2, 0.25) is 0 Å². The zero-order chi connectivity index (χ0) is 38.4. The number of benzene rings is 2. The maximum atomic E-state index is 11.7. The number of rotatable bonds is 26. The van der Waals surface area contributed by atoms with Gasteiger partial charge in [-0.1, -0.05) is 141 Å². The molecule has 0 fully saturated rings. The number of aromatic carboxylic acids is 2. The van der Waals surface area contributed by atoms with Gasteiger partial charge >= 0.3 is 43.6 Å². The maximum absolute atomic E-state index is 11.7. The minimum absolute atomic E-state index is 0. The molecule has 12 nitrogen and oxygen atoms in total. The molecule has 2 aromatic carbocycles. The summed E-state index contributed by atoms with van der Waals surface area (Å²) in [4.78, 5) is 44.8. The number of carbonyl (C=O) groups excluding carboxylic acids is 2. The Bertz CT molecular complexity index is 1220. The zero-order valence-electron chi connectivity index (χ0n) is 31.9. The van der Waals surface area contributed by atoms with E-state index < -0.39 is 35.6 Å². The van der Waals surface area contributed by atoms with Crippen molar-refractivity contribution in [1.29, 1.82) is 0 Å². The van der Waals surface area contributed by atoms with Gasteiger partial charge in [0, 0.05) is 11.4 Å². The molecule has 0 saturated heterocycles. The van der Waals surface area contributed by atoms with Gasteiger partial charge in [0.25, 0.3) is 0 Å². The van der Waals surface area contributed by atoms with E-state index in [1.165, 1.54) is 114 Å². The molecule has 4 N–H and O–H groups in total. The largest absolute Gasteiger partial charge is 2.00 e. The van der Waals surface area contributed by atoms with Gasteiger partial charge in [-0.25, -0.2) is 19.2 Å². The Hall–Kier alpha value is -3.86. The van der Waals surface area contributed by atoms with E-state index in [1.807, 2.05) is 0 Å². The molecular formula is C40H60N2O10Zn. The average molecular weight is 794 g/mol. The Balaban J connectivity index is 0.00000100. The molecular weight excluding hydrogens is 734 g/mol. The predicted molar refractivity (Wildman–Crippen MR) is 199 cm³/mol. The summed E-state index contributed by atoms with van der Waals surface area (Å²) in [6.07, 6.45) is 22.9. The number of unbranched alkanes of at least 4 members (excludes halogenated alkanes) is 18. The molecule has 2 amide bonds. The first kappa shape index (κ1) is 49.1. The standard InChI is InChI=1S/2C20H31NO5.Zn/c2*1-2-3-4-5-6-7-8-9-10-11-14-26-20(25)21-16-12-13-17(19(23)24)18(22)15-16;/h2*12-13,15,22H,2-11,14H2,1H3,(H,21,25)(H,23,24);/q;;+2/p-2. The third-order valence-electron chi connectivity index (χ3n) is 8.38. The van der Waals surface area contributed by atoms with Crippen LogP contribution in [0.5, 0.6) is 11.5 Å². The van der Waals surface area contributed by atoms with Crippen molar-refractivity contribution in [2.75, 3.05) is 23.8 Å². The molecule has 0 bridgehead atoms. The van der Waals surface area contributed by atoms with Crippen LogP contribution in [0.1, 0.15) is 163 Å². The van der Waals surface area contributed by atoms with Gasteiger partial charge in [-0.2, -0.15) is 0 Å². The Morgan fingerprint density at radius 1 is 0.509 bits per heavy atom. The molecule has 2 rings (SSSR count). The van der Waals surface area contributed by atoms with Crippen LogP contribution in [0.25, 0.3) is 0 Å². The molecule has 53 heavy (non-hydrogen) atoms. The predicted octanol–water partition coefficient (Wildman–Crippen LogP) is 9.85. The van der Waals surface area contributed by atoms with Crippen LogP contribution in [0, 0.1) is 0 Å². The second-order valence-electron chi connectivity index (χ2n) is 12.9. The fourth-order valence-electron chi connectivity index (χ4n) is 5.37. The molecule has 0 aliphatic rings. The van der Waals surface area contributed by atoms with Crippen molar-refractivity contribution in [2.24, 2.45) is 0 Å². The molecule has 0 aromatic heterocycles. The molecule has 292 valence electrons. The van der Waals surface area contributed by atoms with Crippen molar-refractivity contribution in [1.82, 2.24) is 0 Å². The Morgan fingerprint density at radius 3 is 1.06 bits per heavy atom. The second kappa shape index (κ2) is 31.7. The van der Waals surface area contributed by atoms with Crippen molar-refractivity contribution in [3.05, 3.63) is 47.5 Å². The number of hydrogen-bond acceptors (Lipinski definition) is 8. The van der Waals surface area contributed by atoms with Crippen LogP contribution in [0.3, 0.4) is 0 Å². The normalized spacial score (nSPS) is 10.3. The van der Waals surface area contributed by atoms with E-state index >= 15 is 0 Å². The Kier molecular flexibility index (Phi) is 29.3. The van der Waals surface area contributed by atoms with Crippen LogP contribution >= 0.6 is 0 Å². The van der Waals surface area contributed by atoms with E-state index in [1.54, 1.807) is 0 Å². The van der Waals surface area contributed by atoms with Crippen LogP contribution in [-0.2, 0) is 29.0 Å². The number of carboxylic acids is 2. The summed E-state index contributed by atoms with van der Waals surface area (Å²) < 4.78 is 10.1. The number of anilines is 2. The number of hydrogen-bond donors (Lipinski definition) is 4. The van der Waals surface area contributed by atoms with Gasteiger partial charge in [0.1, 0.15) is 0 Å². The number of ether oxygens (including phenoxy) is 2. The van der Waals surface area contributed by atoms with Gasteiger partial charge in [-0.15, -0.1) is 0 Å². The van der Waals surface area contributed by atoms with Gasteiger partial charge in [-0.05, 0) is 49.2 Å². The first-order chi connectivity index (χ1) is 25.1. The molecule has 13 heteroatoms. The zero-order valence-corrected chi connectivity index (χ0v) is 34.9. The first-order valence-corrected chi connectivity index (χ1v) is 19.0. The van der Waals surface area contributed by atoms with E-state index in [0.29, 0.717) is 13.2 Å². The topological polar surface area (TPSA) is 197 Å². The van der Waals surface area contributed by atoms with Crippen LogP contribution in [0.4, 0.5) is 21.0 Å². The molecule has 0 heterocycles. The van der Waals surface area contributed by atoms with Crippen LogP contribution in [-0.4, -0.2) is 47.6 Å². The Labute approximate surface area is 328 Å². The van der Waals surface area contributed by atoms with Gasteiger partial charge in [-0.3, -0.25) is 10.6 Å². The van der Waals surface area contributed by atoms with E-state index in [9.17, 15) is 29.4 Å². The van der Waals surface area contributed by atoms with Gasteiger partial charge in [0.15, 0.2) is 0 Å². The van der Waals surface area contributed by atoms with Crippen molar-refractivity contribution < 1.29 is 68.6 Å². The molecule has 0 aliphatic heterocycles. The van der Waals surface area contributed by atoms with Crippen molar-refractivity contribution in [3.8, 4) is 11.5 Å². The smallest absolute Gasteiger partial charge is 0.872 e. The third kappa shape index (κ3) is 24.9. The summed E-state index contributed by atoms with van der Waals surface area (Å²) in [5.41, 5.74) is -0.190. The quantitative estimate of drug-likeness (QED) is 0.0525. The summed E-state index contributed by atoms with van der Waals surface area (Å²) >= 11 is 0. The maximum Gasteiger partial charge on any atom is 2.00 e. The Morgan fingerprint density at radius 2 is 0.792 bits per heavy atom. The molecule has 0 spiro atoms. The number of carbonyl (C=O) groups is 4. The number of nitrogens with one attached hydrogen (secondary N) is 2. The number of amides is 2. The molecule has 2 aromatic rings. The minimum Gasteiger partial charge on any atom is -0.872 e. The summed E-state index contributed by atoms with van der Waals surface area (Å²) in [6.45, 7) is 5.11. The third-order valence-corrected chi connectivity index (χ3v) is 8.38. The summed E-state index contributed by atoms with van der Waals surface area (Å²) in [7, 11) is 0. The van der Waals surface area contributed by atoms with Crippen molar-refractivity contribution in [2.45, 2.75) is 142 Å². The van der Waals surface area contributed by atoms with Crippen molar-refractivity contribution in [3.63, 3.8) is 0 Å². The SMILES string of the molecule is CCCCCCCCCCCCOC(=O)Nc1ccc(C(=O)O)c([O-])c1.CCCCCCCCCCCCOC(=O)Nc1ccc(C(=O)O)c([O-])c1.[Zn+2]. The molecule has 0 unspecified atom stereocenters. The van der Waals surface area contributed by atoms with E-state index in [2.05, 4.69) is 24.5 Å². The summed E-state index contributed by atoms with van der Waals surface area (Å²) in [5, 5.41) is 45.5. The monoisotopic (exact) mass is 792 g/mol. The van der Waals surface area contributed by atoms with Gasteiger partial charge in [0.2, 0.25) is 0 Å². The fourth-order valence-corrected chi connectivity index (χ4v) is 5.37. The average Bonchev–Trinajstić information content (AvgIpc) is 3.09. The number of carboxylic acid groups (broad SMARTS) is 2. The van der Waals surface area contributed by atoms with E-state index in [4.69, 9.17) is 19.7 Å².